The normalized spacial score (nSPS) is 12.2. The Bertz CT molecular complexity index is 1380. The second kappa shape index (κ2) is 11.0. The number of imidazole rings is 1. The van der Waals surface area contributed by atoms with Crippen molar-refractivity contribution < 1.29 is 14.3 Å². The summed E-state index contributed by atoms with van der Waals surface area (Å²) in [6.07, 6.45) is 4.56. The zero-order valence-electron chi connectivity index (χ0n) is 20.7. The van der Waals surface area contributed by atoms with E-state index in [-0.39, 0.29) is 11.8 Å². The highest BCUT2D eigenvalue weighted by Crippen LogP contribution is 2.27. The van der Waals surface area contributed by atoms with Crippen LogP contribution in [0.5, 0.6) is 5.75 Å². The van der Waals surface area contributed by atoms with Crippen LogP contribution in [0, 0.1) is 0 Å². The Hall–Kier alpha value is -4.59. The smallest absolute Gasteiger partial charge is 0.251 e. The number of hydrogen-bond acceptors (Lipinski definition) is 5. The molecule has 0 fully saturated rings. The molecule has 2 heterocycles. The number of para-hydroxylation sites is 1. The maximum atomic E-state index is 12.6. The van der Waals surface area contributed by atoms with Crippen LogP contribution in [0.3, 0.4) is 0 Å². The van der Waals surface area contributed by atoms with Gasteiger partial charge in [0, 0.05) is 49.5 Å². The van der Waals surface area contributed by atoms with Gasteiger partial charge in [0.15, 0.2) is 0 Å². The lowest BCUT2D eigenvalue weighted by Gasteiger charge is -2.18. The molecule has 0 atom stereocenters. The summed E-state index contributed by atoms with van der Waals surface area (Å²) in [4.78, 5) is 31.4. The van der Waals surface area contributed by atoms with Crippen LogP contribution in [0.2, 0.25) is 0 Å². The van der Waals surface area contributed by atoms with E-state index < -0.39 is 0 Å². The zero-order valence-corrected chi connectivity index (χ0v) is 20.7. The number of aryl methyl sites for hydroxylation is 1. The van der Waals surface area contributed by atoms with Gasteiger partial charge in [-0.25, -0.2) is 4.98 Å². The molecular formula is C29H29N5O3. The molecule has 0 saturated heterocycles. The van der Waals surface area contributed by atoms with Crippen LogP contribution in [0.25, 0.3) is 0 Å². The van der Waals surface area contributed by atoms with Crippen LogP contribution in [0.1, 0.15) is 27.3 Å². The molecule has 1 aliphatic heterocycles. The van der Waals surface area contributed by atoms with Crippen LogP contribution in [0.4, 0.5) is 11.4 Å². The summed E-state index contributed by atoms with van der Waals surface area (Å²) in [5.41, 5.74) is 4.64. The molecule has 188 valence electrons. The average Bonchev–Trinajstić information content (AvgIpc) is 3.52. The third-order valence-electron chi connectivity index (χ3n) is 6.41. The number of rotatable bonds is 9. The topological polar surface area (TPSA) is 88.5 Å². The first-order chi connectivity index (χ1) is 18.0. The summed E-state index contributed by atoms with van der Waals surface area (Å²) < 4.78 is 7.64. The highest BCUT2D eigenvalue weighted by atomic mass is 16.5. The molecule has 0 saturated carbocycles. The molecule has 0 unspecified atom stereocenters. The Balaban J connectivity index is 1.07. The zero-order chi connectivity index (χ0) is 25.6. The molecule has 8 heteroatoms. The van der Waals surface area contributed by atoms with Gasteiger partial charge in [-0.3, -0.25) is 9.59 Å². The fourth-order valence-electron chi connectivity index (χ4n) is 4.32. The van der Waals surface area contributed by atoms with E-state index in [0.717, 1.165) is 35.7 Å². The maximum absolute atomic E-state index is 12.6. The van der Waals surface area contributed by atoms with Crippen LogP contribution in [-0.4, -0.2) is 34.5 Å². The fraction of sp³-hybridized carbons (Fsp3) is 0.207. The fourth-order valence-corrected chi connectivity index (χ4v) is 4.32. The molecule has 37 heavy (non-hydrogen) atoms. The number of anilines is 2. The van der Waals surface area contributed by atoms with Crippen molar-refractivity contribution in [1.29, 1.82) is 0 Å². The van der Waals surface area contributed by atoms with Crippen molar-refractivity contribution in [3.63, 3.8) is 0 Å². The van der Waals surface area contributed by atoms with Crippen molar-refractivity contribution in [1.82, 2.24) is 14.9 Å². The molecule has 3 aromatic carbocycles. The van der Waals surface area contributed by atoms with Gasteiger partial charge in [-0.2, -0.15) is 0 Å². The lowest BCUT2D eigenvalue weighted by Crippen LogP contribution is -2.31. The number of hydrogen-bond donors (Lipinski definition) is 2. The summed E-state index contributed by atoms with van der Waals surface area (Å²) in [7, 11) is 1.91. The first-order valence-corrected chi connectivity index (χ1v) is 12.2. The number of ether oxygens (including phenoxy) is 1. The van der Waals surface area contributed by atoms with Gasteiger partial charge < -0.3 is 24.8 Å². The second-order valence-electron chi connectivity index (χ2n) is 9.00. The van der Waals surface area contributed by atoms with Crippen molar-refractivity contribution in [3.8, 4) is 5.75 Å². The molecule has 2 N–H and O–H groups in total. The number of aromatic nitrogens is 2. The van der Waals surface area contributed by atoms with E-state index in [4.69, 9.17) is 4.74 Å². The van der Waals surface area contributed by atoms with E-state index in [1.165, 1.54) is 5.56 Å². The maximum Gasteiger partial charge on any atom is 0.251 e. The molecule has 0 spiro atoms. The van der Waals surface area contributed by atoms with Gasteiger partial charge in [0.1, 0.15) is 18.2 Å². The predicted octanol–water partition coefficient (Wildman–Crippen LogP) is 3.93. The largest absolute Gasteiger partial charge is 0.486 e. The molecule has 1 aliphatic rings. The van der Waals surface area contributed by atoms with Crippen LogP contribution in [0.15, 0.2) is 85.2 Å². The van der Waals surface area contributed by atoms with Crippen LogP contribution >= 0.6 is 0 Å². The van der Waals surface area contributed by atoms with E-state index in [9.17, 15) is 9.59 Å². The standard InChI is InChI=1S/C29H29N5O3/c1-33-17-15-30-27(33)20-37-25-12-8-23(9-13-25)29(36)31-18-21-6-10-24(11-7-21)32-28(35)19-34-16-14-22-4-2-3-5-26(22)34/h2-13,15,17H,14,16,18-20H2,1H3,(H,31,36)(H,32,35). The summed E-state index contributed by atoms with van der Waals surface area (Å²) >= 11 is 0. The molecule has 4 aromatic rings. The van der Waals surface area contributed by atoms with Gasteiger partial charge in [-0.05, 0) is 60.0 Å². The Morgan fingerprint density at radius 3 is 2.54 bits per heavy atom. The monoisotopic (exact) mass is 495 g/mol. The van der Waals surface area contributed by atoms with E-state index in [1.54, 1.807) is 30.5 Å². The van der Waals surface area contributed by atoms with Crippen molar-refractivity contribution >= 4 is 23.2 Å². The van der Waals surface area contributed by atoms with E-state index in [0.29, 0.717) is 31.0 Å². The van der Waals surface area contributed by atoms with Crippen molar-refractivity contribution in [2.45, 2.75) is 19.6 Å². The first-order valence-electron chi connectivity index (χ1n) is 12.2. The molecule has 0 aliphatic carbocycles. The molecule has 0 radical (unpaired) electrons. The second-order valence-corrected chi connectivity index (χ2v) is 9.00. The van der Waals surface area contributed by atoms with Crippen LogP contribution in [-0.2, 0) is 31.4 Å². The molecule has 1 aromatic heterocycles. The van der Waals surface area contributed by atoms with Gasteiger partial charge in [0.2, 0.25) is 5.91 Å². The highest BCUT2D eigenvalue weighted by molar-refractivity contribution is 5.95. The number of fused-ring (bicyclic) bond motifs is 1. The number of carbonyl (C=O) groups is 2. The van der Waals surface area contributed by atoms with Gasteiger partial charge in [-0.15, -0.1) is 0 Å². The molecule has 2 amide bonds. The number of carbonyl (C=O) groups excluding carboxylic acids is 2. The average molecular weight is 496 g/mol. The summed E-state index contributed by atoms with van der Waals surface area (Å²) in [6.45, 7) is 1.92. The van der Waals surface area contributed by atoms with E-state index >= 15 is 0 Å². The number of nitrogens with zero attached hydrogens (tertiary/aromatic N) is 3. The Morgan fingerprint density at radius 1 is 1.00 bits per heavy atom. The third-order valence-corrected chi connectivity index (χ3v) is 6.41. The summed E-state index contributed by atoms with van der Waals surface area (Å²) in [6, 6.07) is 22.7. The number of nitrogens with one attached hydrogen (secondary N) is 2. The van der Waals surface area contributed by atoms with E-state index in [1.807, 2.05) is 54.2 Å². The quantitative estimate of drug-likeness (QED) is 0.367. The van der Waals surface area contributed by atoms with Gasteiger partial charge in [-0.1, -0.05) is 30.3 Å². The molecule has 0 bridgehead atoms. The molecular weight excluding hydrogens is 466 g/mol. The minimum atomic E-state index is -0.168. The number of benzene rings is 3. The van der Waals surface area contributed by atoms with E-state index in [2.05, 4.69) is 32.7 Å². The lowest BCUT2D eigenvalue weighted by molar-refractivity contribution is -0.115. The number of amides is 2. The summed E-state index contributed by atoms with van der Waals surface area (Å²) in [5, 5.41) is 5.89. The predicted molar refractivity (Wildman–Crippen MR) is 143 cm³/mol. The third kappa shape index (κ3) is 5.98. The van der Waals surface area contributed by atoms with Gasteiger partial charge in [0.05, 0.1) is 6.54 Å². The van der Waals surface area contributed by atoms with Crippen molar-refractivity contribution in [3.05, 3.63) is 108 Å². The Morgan fingerprint density at radius 2 is 1.78 bits per heavy atom. The lowest BCUT2D eigenvalue weighted by atomic mass is 10.1. The minimum Gasteiger partial charge on any atom is -0.486 e. The highest BCUT2D eigenvalue weighted by Gasteiger charge is 2.20. The molecule has 5 rings (SSSR count). The SMILES string of the molecule is Cn1ccnc1COc1ccc(C(=O)NCc2ccc(NC(=O)CN3CCc4ccccc43)cc2)cc1. The minimum absolute atomic E-state index is 0.0508. The van der Waals surface area contributed by atoms with Crippen molar-refractivity contribution in [2.75, 3.05) is 23.3 Å². The first kappa shape index (κ1) is 24.1. The Kier molecular flexibility index (Phi) is 7.16. The Labute approximate surface area is 215 Å². The summed E-state index contributed by atoms with van der Waals surface area (Å²) in [5.74, 6) is 1.28. The van der Waals surface area contributed by atoms with Crippen LogP contribution < -0.4 is 20.3 Å². The van der Waals surface area contributed by atoms with Gasteiger partial charge >= 0.3 is 0 Å². The van der Waals surface area contributed by atoms with Crippen molar-refractivity contribution in [2.24, 2.45) is 7.05 Å². The molecule has 8 nitrogen and oxygen atoms in total. The van der Waals surface area contributed by atoms with Gasteiger partial charge in [0.25, 0.3) is 5.91 Å².